The first-order chi connectivity index (χ1) is 10.1. The average molecular weight is 314 g/mol. The number of nitrogens with two attached hydrogens (primary N) is 1. The zero-order valence-corrected chi connectivity index (χ0v) is 12.8. The lowest BCUT2D eigenvalue weighted by Crippen LogP contribution is -2.36. The van der Waals surface area contributed by atoms with Crippen molar-refractivity contribution in [1.82, 2.24) is 14.2 Å². The highest BCUT2D eigenvalue weighted by Gasteiger charge is 2.26. The van der Waals surface area contributed by atoms with Gasteiger partial charge in [0, 0.05) is 38.9 Å². The van der Waals surface area contributed by atoms with E-state index in [1.54, 1.807) is 12.1 Å². The lowest BCUT2D eigenvalue weighted by Gasteiger charge is -2.21. The molecule has 7 nitrogen and oxygen atoms in total. The first-order valence-corrected chi connectivity index (χ1v) is 8.50. The van der Waals surface area contributed by atoms with Gasteiger partial charge < -0.3 is 10.8 Å². The Kier molecular flexibility index (Phi) is 5.65. The Morgan fingerprint density at radius 2 is 2.05 bits per heavy atom. The number of rotatable bonds is 5. The summed E-state index contributed by atoms with van der Waals surface area (Å²) in [5.74, 6) is 0. The maximum atomic E-state index is 12.6. The number of aliphatic hydroxyl groups excluding tert-OH is 1. The van der Waals surface area contributed by atoms with E-state index < -0.39 is 10.0 Å². The predicted molar refractivity (Wildman–Crippen MR) is 79.0 cm³/mol. The highest BCUT2D eigenvalue weighted by atomic mass is 32.2. The number of aliphatic hydroxyl groups is 1. The van der Waals surface area contributed by atoms with Crippen molar-refractivity contribution in [1.29, 1.82) is 0 Å². The number of sulfonamides is 1. The normalized spacial score (nSPS) is 18.6. The molecule has 0 saturated carbocycles. The predicted octanol–water partition coefficient (Wildman–Crippen LogP) is -0.771. The third kappa shape index (κ3) is 3.98. The van der Waals surface area contributed by atoms with E-state index in [0.717, 1.165) is 13.0 Å². The van der Waals surface area contributed by atoms with Gasteiger partial charge in [0.25, 0.3) is 0 Å². The van der Waals surface area contributed by atoms with E-state index >= 15 is 0 Å². The molecule has 0 spiro atoms. The largest absolute Gasteiger partial charge is 0.395 e. The van der Waals surface area contributed by atoms with E-state index in [1.807, 2.05) is 0 Å². The van der Waals surface area contributed by atoms with E-state index in [-0.39, 0.29) is 11.5 Å². The van der Waals surface area contributed by atoms with E-state index in [1.165, 1.54) is 10.5 Å². The maximum absolute atomic E-state index is 12.6. The summed E-state index contributed by atoms with van der Waals surface area (Å²) < 4.78 is 26.7. The molecule has 0 unspecified atom stereocenters. The molecule has 1 saturated heterocycles. The van der Waals surface area contributed by atoms with Crippen LogP contribution in [-0.4, -0.2) is 67.0 Å². The Morgan fingerprint density at radius 1 is 1.24 bits per heavy atom. The van der Waals surface area contributed by atoms with Crippen molar-refractivity contribution >= 4 is 10.0 Å². The standard InChI is InChI=1S/C13H22N4O3S/c14-10-12-2-3-13(11-15-12)21(19,20)17-5-1-4-16(6-7-17)8-9-18/h2-3,11,18H,1,4-10,14H2. The molecule has 2 heterocycles. The van der Waals surface area contributed by atoms with Crippen LogP contribution in [0.25, 0.3) is 0 Å². The first-order valence-electron chi connectivity index (χ1n) is 7.06. The van der Waals surface area contributed by atoms with Gasteiger partial charge in [0.2, 0.25) is 10.0 Å². The molecule has 0 aliphatic carbocycles. The van der Waals surface area contributed by atoms with Crippen LogP contribution >= 0.6 is 0 Å². The summed E-state index contributed by atoms with van der Waals surface area (Å²) in [6, 6.07) is 3.20. The van der Waals surface area contributed by atoms with Crippen LogP contribution < -0.4 is 5.73 Å². The molecule has 8 heteroatoms. The minimum absolute atomic E-state index is 0.0945. The number of aromatic nitrogens is 1. The van der Waals surface area contributed by atoms with Crippen LogP contribution in [0.2, 0.25) is 0 Å². The summed E-state index contributed by atoms with van der Waals surface area (Å²) in [5.41, 5.74) is 6.13. The topological polar surface area (TPSA) is 99.8 Å². The lowest BCUT2D eigenvalue weighted by molar-refractivity contribution is 0.202. The zero-order valence-electron chi connectivity index (χ0n) is 12.0. The number of hydrogen-bond acceptors (Lipinski definition) is 6. The fourth-order valence-corrected chi connectivity index (χ4v) is 3.80. The molecule has 0 aromatic carbocycles. The molecule has 2 rings (SSSR count). The quantitative estimate of drug-likeness (QED) is 0.740. The third-order valence-corrected chi connectivity index (χ3v) is 5.49. The smallest absolute Gasteiger partial charge is 0.244 e. The number of pyridine rings is 1. The second kappa shape index (κ2) is 7.28. The van der Waals surface area contributed by atoms with Gasteiger partial charge in [-0.3, -0.25) is 9.88 Å². The summed E-state index contributed by atoms with van der Waals surface area (Å²) >= 11 is 0. The van der Waals surface area contributed by atoms with Crippen molar-refractivity contribution in [3.8, 4) is 0 Å². The summed E-state index contributed by atoms with van der Waals surface area (Å²) in [6.07, 6.45) is 2.13. The first kappa shape index (κ1) is 16.3. The van der Waals surface area contributed by atoms with Gasteiger partial charge >= 0.3 is 0 Å². The van der Waals surface area contributed by atoms with E-state index in [2.05, 4.69) is 9.88 Å². The molecular weight excluding hydrogens is 292 g/mol. The fourth-order valence-electron chi connectivity index (χ4n) is 2.39. The van der Waals surface area contributed by atoms with Crippen molar-refractivity contribution in [3.05, 3.63) is 24.0 Å². The molecule has 1 aromatic heterocycles. The van der Waals surface area contributed by atoms with Gasteiger partial charge in [0.15, 0.2) is 0 Å². The Morgan fingerprint density at radius 3 is 2.67 bits per heavy atom. The second-order valence-corrected chi connectivity index (χ2v) is 6.95. The molecule has 0 atom stereocenters. The Hall–Kier alpha value is -1.06. The van der Waals surface area contributed by atoms with Crippen molar-refractivity contribution in [2.24, 2.45) is 5.73 Å². The summed E-state index contributed by atoms with van der Waals surface area (Å²) in [7, 11) is -3.51. The van der Waals surface area contributed by atoms with E-state index in [4.69, 9.17) is 10.8 Å². The Balaban J connectivity index is 2.11. The molecule has 1 aliphatic heterocycles. The van der Waals surface area contributed by atoms with Gasteiger partial charge in [-0.1, -0.05) is 0 Å². The minimum atomic E-state index is -3.51. The molecule has 0 amide bonds. The molecule has 1 aromatic rings. The van der Waals surface area contributed by atoms with Crippen LogP contribution in [0.15, 0.2) is 23.2 Å². The molecule has 0 bridgehead atoms. The number of hydrogen-bond donors (Lipinski definition) is 2. The van der Waals surface area contributed by atoms with Gasteiger partial charge in [0.1, 0.15) is 4.90 Å². The number of β-amino-alcohol motifs (C(OH)–C–C–N with tert-alkyl or cyclic N) is 1. The van der Waals surface area contributed by atoms with Crippen LogP contribution in [-0.2, 0) is 16.6 Å². The van der Waals surface area contributed by atoms with Gasteiger partial charge in [-0.15, -0.1) is 0 Å². The second-order valence-electron chi connectivity index (χ2n) is 5.01. The maximum Gasteiger partial charge on any atom is 0.244 e. The Labute approximate surface area is 125 Å². The van der Waals surface area contributed by atoms with Gasteiger partial charge in [-0.25, -0.2) is 8.42 Å². The summed E-state index contributed by atoms with van der Waals surface area (Å²) in [4.78, 5) is 6.33. The monoisotopic (exact) mass is 314 g/mol. The molecule has 1 aliphatic rings. The van der Waals surface area contributed by atoms with Crippen LogP contribution in [0.5, 0.6) is 0 Å². The minimum Gasteiger partial charge on any atom is -0.395 e. The van der Waals surface area contributed by atoms with Crippen molar-refractivity contribution < 1.29 is 13.5 Å². The van der Waals surface area contributed by atoms with Crippen LogP contribution in [0.1, 0.15) is 12.1 Å². The zero-order chi connectivity index (χ0) is 15.3. The molecule has 118 valence electrons. The van der Waals surface area contributed by atoms with Gasteiger partial charge in [-0.05, 0) is 25.1 Å². The van der Waals surface area contributed by atoms with Gasteiger partial charge in [0.05, 0.1) is 12.3 Å². The van der Waals surface area contributed by atoms with E-state index in [9.17, 15) is 8.42 Å². The SMILES string of the molecule is NCc1ccc(S(=O)(=O)N2CCCN(CCO)CC2)cn1. The third-order valence-electron chi connectivity index (χ3n) is 3.61. The fraction of sp³-hybridized carbons (Fsp3) is 0.615. The highest BCUT2D eigenvalue weighted by molar-refractivity contribution is 7.89. The van der Waals surface area contributed by atoms with Crippen LogP contribution in [0.3, 0.4) is 0 Å². The van der Waals surface area contributed by atoms with Crippen molar-refractivity contribution in [3.63, 3.8) is 0 Å². The molecule has 1 fully saturated rings. The average Bonchev–Trinajstić information content (AvgIpc) is 2.74. The van der Waals surface area contributed by atoms with Crippen LogP contribution in [0, 0.1) is 0 Å². The lowest BCUT2D eigenvalue weighted by atomic mass is 10.4. The molecular formula is C13H22N4O3S. The van der Waals surface area contributed by atoms with Crippen molar-refractivity contribution in [2.75, 3.05) is 39.3 Å². The summed E-state index contributed by atoms with van der Waals surface area (Å²) in [5, 5.41) is 8.97. The number of nitrogens with zero attached hydrogens (tertiary/aromatic N) is 3. The van der Waals surface area contributed by atoms with Gasteiger partial charge in [-0.2, -0.15) is 4.31 Å². The molecule has 0 radical (unpaired) electrons. The molecule has 21 heavy (non-hydrogen) atoms. The summed E-state index contributed by atoms with van der Waals surface area (Å²) in [6.45, 7) is 3.33. The highest BCUT2D eigenvalue weighted by Crippen LogP contribution is 2.17. The molecule has 3 N–H and O–H groups in total. The Bertz CT molecular complexity index is 547. The van der Waals surface area contributed by atoms with Crippen LogP contribution in [0.4, 0.5) is 0 Å². The van der Waals surface area contributed by atoms with E-state index in [0.29, 0.717) is 38.4 Å². The van der Waals surface area contributed by atoms with Crippen molar-refractivity contribution in [2.45, 2.75) is 17.9 Å².